The zero-order chi connectivity index (χ0) is 30.0. The van der Waals surface area contributed by atoms with Crippen LogP contribution in [0.25, 0.3) is 43.1 Å². The van der Waals surface area contributed by atoms with Crippen LogP contribution in [0.15, 0.2) is 170 Å². The predicted molar refractivity (Wildman–Crippen MR) is 193 cm³/mol. The molecule has 45 heavy (non-hydrogen) atoms. The Bertz CT molecular complexity index is 1950. The van der Waals surface area contributed by atoms with E-state index in [1.807, 2.05) is 0 Å². The molecule has 0 nitrogen and oxygen atoms in total. The molecule has 8 rings (SSSR count). The third-order valence-corrected chi connectivity index (χ3v) is 9.69. The molecule has 8 aromatic rings. The normalized spacial score (nSPS) is 11.8. The number of fused-ring (bicyclic) bond motifs is 4. The molecule has 8 aromatic carbocycles. The van der Waals surface area contributed by atoms with Crippen molar-refractivity contribution in [3.05, 3.63) is 192 Å². The average Bonchev–Trinajstić information content (AvgIpc) is 3.11. The molecule has 0 spiro atoms. The fourth-order valence-electron chi connectivity index (χ4n) is 7.28. The second kappa shape index (κ2) is 12.1. The van der Waals surface area contributed by atoms with Crippen LogP contribution in [0.2, 0.25) is 0 Å². The van der Waals surface area contributed by atoms with Gasteiger partial charge in [-0.05, 0) is 78.2 Å². The highest BCUT2D eigenvalue weighted by Gasteiger charge is 2.20. The van der Waals surface area contributed by atoms with Gasteiger partial charge < -0.3 is 0 Å². The highest BCUT2D eigenvalue weighted by Crippen LogP contribution is 2.38. The van der Waals surface area contributed by atoms with E-state index in [0.29, 0.717) is 11.8 Å². The number of hydrogen-bond acceptors (Lipinski definition) is 0. The van der Waals surface area contributed by atoms with Crippen LogP contribution in [-0.2, 0) is 0 Å². The van der Waals surface area contributed by atoms with Gasteiger partial charge in [0.25, 0.3) is 0 Å². The monoisotopic (exact) mass is 576 g/mol. The molecule has 0 heterocycles. The summed E-state index contributed by atoms with van der Waals surface area (Å²) in [6, 6.07) is 63.2. The molecule has 0 saturated carbocycles. The molecule has 0 heteroatoms. The lowest BCUT2D eigenvalue weighted by Gasteiger charge is -2.23. The maximum Gasteiger partial charge on any atom is 0.00897 e. The second-order valence-corrected chi connectivity index (χ2v) is 12.5. The number of rotatable bonds is 8. The lowest BCUT2D eigenvalue weighted by Crippen LogP contribution is -2.06. The van der Waals surface area contributed by atoms with Crippen molar-refractivity contribution < 1.29 is 0 Å². The zero-order valence-electron chi connectivity index (χ0n) is 25.4. The van der Waals surface area contributed by atoms with E-state index in [0.717, 1.165) is 19.3 Å². The van der Waals surface area contributed by atoms with Crippen LogP contribution >= 0.6 is 0 Å². The molecule has 0 saturated heterocycles. The average molecular weight is 577 g/mol. The van der Waals surface area contributed by atoms with Crippen molar-refractivity contribution in [3.63, 3.8) is 0 Å². The molecule has 0 aliphatic carbocycles. The summed E-state index contributed by atoms with van der Waals surface area (Å²) in [5.41, 5.74) is 5.60. The van der Waals surface area contributed by atoms with Crippen LogP contribution in [-0.4, -0.2) is 0 Å². The van der Waals surface area contributed by atoms with Crippen molar-refractivity contribution in [2.24, 2.45) is 0 Å². The largest absolute Gasteiger partial charge is 0.0616 e. The molecule has 0 aliphatic heterocycles. The van der Waals surface area contributed by atoms with Crippen LogP contribution < -0.4 is 0 Å². The van der Waals surface area contributed by atoms with E-state index in [4.69, 9.17) is 0 Å². The van der Waals surface area contributed by atoms with Crippen molar-refractivity contribution >= 4 is 43.1 Å². The lowest BCUT2D eigenvalue weighted by atomic mass is 9.81. The smallest absolute Gasteiger partial charge is 0.00897 e. The molecular weight excluding hydrogens is 540 g/mol. The summed E-state index contributed by atoms with van der Waals surface area (Å²) in [6.45, 7) is 0. The fraction of sp³-hybridized carbons (Fsp3) is 0.111. The minimum atomic E-state index is 0.327. The summed E-state index contributed by atoms with van der Waals surface area (Å²) in [5, 5.41) is 10.4. The van der Waals surface area contributed by atoms with Crippen LogP contribution in [0.5, 0.6) is 0 Å². The third-order valence-electron chi connectivity index (χ3n) is 9.69. The maximum absolute atomic E-state index is 2.42. The summed E-state index contributed by atoms with van der Waals surface area (Å²) < 4.78 is 0. The van der Waals surface area contributed by atoms with Crippen molar-refractivity contribution in [2.45, 2.75) is 31.1 Å². The Hall–Kier alpha value is -5.20. The molecule has 0 radical (unpaired) electrons. The van der Waals surface area contributed by atoms with Gasteiger partial charge in [-0.25, -0.2) is 0 Å². The van der Waals surface area contributed by atoms with Gasteiger partial charge in [-0.1, -0.05) is 176 Å². The molecule has 0 aliphatic rings. The first kappa shape index (κ1) is 27.4. The SMILES string of the molecule is c1ccc2cc(C(CCCC(c3ccc4ccccc4c3)c3ccc4ccccc4c3)c3ccc4ccccc4c3)ccc2c1. The molecule has 0 bridgehead atoms. The van der Waals surface area contributed by atoms with Gasteiger partial charge in [0.05, 0.1) is 0 Å². The maximum atomic E-state index is 2.42. The highest BCUT2D eigenvalue weighted by molar-refractivity contribution is 5.86. The summed E-state index contributed by atoms with van der Waals surface area (Å²) in [5.74, 6) is 0.654. The first-order valence-corrected chi connectivity index (χ1v) is 16.2. The Balaban J connectivity index is 1.16. The van der Waals surface area contributed by atoms with Gasteiger partial charge in [-0.3, -0.25) is 0 Å². The van der Waals surface area contributed by atoms with Crippen molar-refractivity contribution in [3.8, 4) is 0 Å². The van der Waals surface area contributed by atoms with Gasteiger partial charge in [-0.15, -0.1) is 0 Å². The Morgan fingerprint density at radius 3 is 0.778 bits per heavy atom. The van der Waals surface area contributed by atoms with Crippen molar-refractivity contribution in [2.75, 3.05) is 0 Å². The van der Waals surface area contributed by atoms with E-state index in [2.05, 4.69) is 170 Å². The number of hydrogen-bond donors (Lipinski definition) is 0. The van der Waals surface area contributed by atoms with Crippen LogP contribution in [0.4, 0.5) is 0 Å². The first-order valence-electron chi connectivity index (χ1n) is 16.2. The van der Waals surface area contributed by atoms with E-state index in [-0.39, 0.29) is 0 Å². The van der Waals surface area contributed by atoms with Gasteiger partial charge in [0.15, 0.2) is 0 Å². The van der Waals surface area contributed by atoms with Crippen LogP contribution in [0.3, 0.4) is 0 Å². The first-order chi connectivity index (χ1) is 22.3. The molecule has 0 amide bonds. The zero-order valence-corrected chi connectivity index (χ0v) is 25.4. The summed E-state index contributed by atoms with van der Waals surface area (Å²) in [4.78, 5) is 0. The van der Waals surface area contributed by atoms with E-state index < -0.39 is 0 Å². The van der Waals surface area contributed by atoms with E-state index in [1.54, 1.807) is 0 Å². The molecule has 0 N–H and O–H groups in total. The fourth-order valence-corrected chi connectivity index (χ4v) is 7.28. The van der Waals surface area contributed by atoms with E-state index >= 15 is 0 Å². The molecule has 0 unspecified atom stereocenters. The Morgan fingerprint density at radius 2 is 0.511 bits per heavy atom. The topological polar surface area (TPSA) is 0 Å². The molecule has 216 valence electrons. The standard InChI is InChI=1S/C45H36/c1-5-14-36-28-40(24-20-32(36)10-1)44(41-25-21-33-11-2-6-15-37(33)29-41)18-9-19-45(42-26-22-34-12-3-7-16-38(34)30-42)43-27-23-35-13-4-8-17-39(35)31-43/h1-8,10-17,20-31,44-45H,9,18-19H2. The van der Waals surface area contributed by atoms with Crippen molar-refractivity contribution in [1.29, 1.82) is 0 Å². The Labute approximate surface area is 265 Å². The molecular formula is C45H36. The lowest BCUT2D eigenvalue weighted by molar-refractivity contribution is 0.592. The van der Waals surface area contributed by atoms with Crippen LogP contribution in [0, 0.1) is 0 Å². The summed E-state index contributed by atoms with van der Waals surface area (Å²) in [7, 11) is 0. The van der Waals surface area contributed by atoms with Gasteiger partial charge in [0, 0.05) is 11.8 Å². The molecule has 0 aromatic heterocycles. The van der Waals surface area contributed by atoms with Gasteiger partial charge in [0.2, 0.25) is 0 Å². The number of benzene rings is 8. The summed E-state index contributed by atoms with van der Waals surface area (Å²) >= 11 is 0. The second-order valence-electron chi connectivity index (χ2n) is 12.5. The quantitative estimate of drug-likeness (QED) is 0.169. The van der Waals surface area contributed by atoms with Gasteiger partial charge in [-0.2, -0.15) is 0 Å². The van der Waals surface area contributed by atoms with Gasteiger partial charge >= 0.3 is 0 Å². The Morgan fingerprint density at radius 1 is 0.267 bits per heavy atom. The van der Waals surface area contributed by atoms with Gasteiger partial charge in [0.1, 0.15) is 0 Å². The van der Waals surface area contributed by atoms with Crippen LogP contribution in [0.1, 0.15) is 53.4 Å². The van der Waals surface area contributed by atoms with Crippen molar-refractivity contribution in [1.82, 2.24) is 0 Å². The van der Waals surface area contributed by atoms with E-state index in [9.17, 15) is 0 Å². The van der Waals surface area contributed by atoms with E-state index in [1.165, 1.54) is 65.3 Å². The third kappa shape index (κ3) is 5.61. The molecule has 0 atom stereocenters. The molecule has 0 fully saturated rings. The predicted octanol–water partition coefficient (Wildman–Crippen LogP) is 12.4. The minimum Gasteiger partial charge on any atom is -0.0616 e. The summed E-state index contributed by atoms with van der Waals surface area (Å²) in [6.07, 6.45) is 3.30. The Kier molecular flexibility index (Phi) is 7.33. The highest BCUT2D eigenvalue weighted by atomic mass is 14.2. The minimum absolute atomic E-state index is 0.327.